The Hall–Kier alpha value is -1.37. The molecule has 1 heterocycles. The van der Waals surface area contributed by atoms with Crippen LogP contribution in [-0.2, 0) is 0 Å². The molecular weight excluding hydrogens is 268 g/mol. The van der Waals surface area contributed by atoms with E-state index in [1.165, 1.54) is 4.90 Å². The van der Waals surface area contributed by atoms with Crippen molar-refractivity contribution in [3.8, 4) is 0 Å². The van der Waals surface area contributed by atoms with Crippen molar-refractivity contribution in [2.75, 3.05) is 25.1 Å². The van der Waals surface area contributed by atoms with Crippen LogP contribution in [0.15, 0.2) is 12.1 Å². The highest BCUT2D eigenvalue weighted by atomic mass is 35.5. The van der Waals surface area contributed by atoms with Gasteiger partial charge in [0.15, 0.2) is 0 Å². The lowest BCUT2D eigenvalue weighted by Gasteiger charge is -2.21. The van der Waals surface area contributed by atoms with Crippen LogP contribution in [0, 0.1) is 0 Å². The molecule has 19 heavy (non-hydrogen) atoms. The predicted octanol–water partition coefficient (Wildman–Crippen LogP) is 1.26. The van der Waals surface area contributed by atoms with Crippen molar-refractivity contribution in [2.45, 2.75) is 19.8 Å². The second kappa shape index (κ2) is 7.93. The number of anilines is 1. The SMILES string of the molecule is CCCCN(CCO)C(=O)c1nc(NN)ccc1Cl. The predicted molar refractivity (Wildman–Crippen MR) is 75.0 cm³/mol. The van der Waals surface area contributed by atoms with E-state index in [1.807, 2.05) is 6.92 Å². The molecule has 4 N–H and O–H groups in total. The molecule has 6 nitrogen and oxygen atoms in total. The lowest BCUT2D eigenvalue weighted by molar-refractivity contribution is 0.0714. The molecular formula is C12H19ClN4O2. The van der Waals surface area contributed by atoms with Gasteiger partial charge in [-0.2, -0.15) is 0 Å². The summed E-state index contributed by atoms with van der Waals surface area (Å²) in [5.74, 6) is 5.33. The van der Waals surface area contributed by atoms with Crippen molar-refractivity contribution >= 4 is 23.3 Å². The zero-order valence-corrected chi connectivity index (χ0v) is 11.7. The molecule has 0 unspecified atom stereocenters. The number of aliphatic hydroxyl groups is 1. The molecule has 1 rings (SSSR count). The minimum Gasteiger partial charge on any atom is -0.395 e. The third-order valence-electron chi connectivity index (χ3n) is 2.64. The topological polar surface area (TPSA) is 91.5 Å². The molecule has 1 aromatic heterocycles. The fraction of sp³-hybridized carbons (Fsp3) is 0.500. The Labute approximate surface area is 117 Å². The van der Waals surface area contributed by atoms with Gasteiger partial charge in [0.05, 0.1) is 11.6 Å². The molecule has 0 aliphatic heterocycles. The van der Waals surface area contributed by atoms with Crippen LogP contribution < -0.4 is 11.3 Å². The summed E-state index contributed by atoms with van der Waals surface area (Å²) in [5.41, 5.74) is 2.51. The second-order valence-electron chi connectivity index (χ2n) is 4.04. The standard InChI is InChI=1S/C12H19ClN4O2/c1-2-3-6-17(7-8-18)12(19)11-9(13)4-5-10(15-11)16-14/h4-5,18H,2-3,6-8,14H2,1H3,(H,15,16). The Kier molecular flexibility index (Phi) is 6.55. The van der Waals surface area contributed by atoms with E-state index >= 15 is 0 Å². The number of amides is 1. The second-order valence-corrected chi connectivity index (χ2v) is 4.45. The summed E-state index contributed by atoms with van der Waals surface area (Å²) in [7, 11) is 0. The Bertz CT molecular complexity index is 428. The Morgan fingerprint density at radius 1 is 1.53 bits per heavy atom. The molecule has 0 saturated heterocycles. The zero-order valence-electron chi connectivity index (χ0n) is 10.9. The molecule has 1 aromatic rings. The van der Waals surface area contributed by atoms with Crippen molar-refractivity contribution in [1.29, 1.82) is 0 Å². The highest BCUT2D eigenvalue weighted by Gasteiger charge is 2.19. The number of carbonyl (C=O) groups excluding carboxylic acids is 1. The first-order valence-electron chi connectivity index (χ1n) is 6.17. The number of pyridine rings is 1. The minimum atomic E-state index is -0.301. The van der Waals surface area contributed by atoms with Gasteiger partial charge in [0.25, 0.3) is 5.91 Å². The molecule has 0 saturated carbocycles. The van der Waals surface area contributed by atoms with Gasteiger partial charge in [-0.25, -0.2) is 10.8 Å². The molecule has 106 valence electrons. The largest absolute Gasteiger partial charge is 0.395 e. The van der Waals surface area contributed by atoms with Crippen LogP contribution in [0.5, 0.6) is 0 Å². The maximum absolute atomic E-state index is 12.3. The molecule has 0 aromatic carbocycles. The Balaban J connectivity index is 2.94. The Morgan fingerprint density at radius 3 is 2.84 bits per heavy atom. The molecule has 0 fully saturated rings. The summed E-state index contributed by atoms with van der Waals surface area (Å²) >= 11 is 5.99. The summed E-state index contributed by atoms with van der Waals surface area (Å²) in [6.07, 6.45) is 1.82. The third-order valence-corrected chi connectivity index (χ3v) is 2.94. The number of nitrogens with zero attached hydrogens (tertiary/aromatic N) is 2. The van der Waals surface area contributed by atoms with Gasteiger partial charge in [-0.15, -0.1) is 0 Å². The maximum Gasteiger partial charge on any atom is 0.274 e. The first kappa shape index (κ1) is 15.7. The molecule has 0 bridgehead atoms. The molecule has 7 heteroatoms. The van der Waals surface area contributed by atoms with Crippen LogP contribution in [0.2, 0.25) is 5.02 Å². The number of carbonyl (C=O) groups is 1. The van der Waals surface area contributed by atoms with E-state index in [9.17, 15) is 4.79 Å². The zero-order chi connectivity index (χ0) is 14.3. The van der Waals surface area contributed by atoms with E-state index in [-0.39, 0.29) is 29.8 Å². The maximum atomic E-state index is 12.3. The molecule has 0 aliphatic rings. The number of hydrogen-bond donors (Lipinski definition) is 3. The van der Waals surface area contributed by atoms with Gasteiger partial charge in [0, 0.05) is 13.1 Å². The number of unbranched alkanes of at least 4 members (excludes halogenated alkanes) is 1. The molecule has 0 radical (unpaired) electrons. The summed E-state index contributed by atoms with van der Waals surface area (Å²) < 4.78 is 0. The molecule has 0 atom stereocenters. The van der Waals surface area contributed by atoms with E-state index in [1.54, 1.807) is 12.1 Å². The number of hydrazine groups is 1. The van der Waals surface area contributed by atoms with Crippen molar-refractivity contribution < 1.29 is 9.90 Å². The minimum absolute atomic E-state index is 0.0953. The van der Waals surface area contributed by atoms with Crippen molar-refractivity contribution in [2.24, 2.45) is 5.84 Å². The van der Waals surface area contributed by atoms with Gasteiger partial charge in [0.1, 0.15) is 11.5 Å². The number of aliphatic hydroxyl groups excluding tert-OH is 1. The number of halogens is 1. The van der Waals surface area contributed by atoms with Crippen LogP contribution >= 0.6 is 11.6 Å². The summed E-state index contributed by atoms with van der Waals surface area (Å²) in [4.78, 5) is 17.9. The van der Waals surface area contributed by atoms with Crippen molar-refractivity contribution in [3.63, 3.8) is 0 Å². The van der Waals surface area contributed by atoms with E-state index in [4.69, 9.17) is 22.6 Å². The average molecular weight is 287 g/mol. The molecule has 1 amide bonds. The summed E-state index contributed by atoms with van der Waals surface area (Å²) in [6.45, 7) is 2.76. The van der Waals surface area contributed by atoms with Gasteiger partial charge >= 0.3 is 0 Å². The summed E-state index contributed by atoms with van der Waals surface area (Å²) in [5, 5.41) is 9.29. The monoisotopic (exact) mass is 286 g/mol. The molecule has 0 aliphatic carbocycles. The van der Waals surface area contributed by atoms with Crippen molar-refractivity contribution in [1.82, 2.24) is 9.88 Å². The lowest BCUT2D eigenvalue weighted by Crippen LogP contribution is -2.35. The number of nitrogens with two attached hydrogens (primary N) is 1. The van der Waals surface area contributed by atoms with E-state index in [2.05, 4.69) is 10.4 Å². The van der Waals surface area contributed by atoms with Gasteiger partial charge < -0.3 is 15.4 Å². The van der Waals surface area contributed by atoms with Crippen LogP contribution in [0.1, 0.15) is 30.3 Å². The van der Waals surface area contributed by atoms with Crippen LogP contribution in [0.4, 0.5) is 5.82 Å². The van der Waals surface area contributed by atoms with Gasteiger partial charge in [-0.1, -0.05) is 24.9 Å². The number of aromatic nitrogens is 1. The normalized spacial score (nSPS) is 10.3. The van der Waals surface area contributed by atoms with Gasteiger partial charge in [0.2, 0.25) is 0 Å². The molecule has 0 spiro atoms. The van der Waals surface area contributed by atoms with E-state index in [0.717, 1.165) is 12.8 Å². The first-order chi connectivity index (χ1) is 9.13. The fourth-order valence-corrected chi connectivity index (χ4v) is 1.79. The number of nitrogen functional groups attached to an aromatic ring is 1. The van der Waals surface area contributed by atoms with E-state index < -0.39 is 0 Å². The summed E-state index contributed by atoms with van der Waals surface area (Å²) in [6, 6.07) is 3.15. The smallest absolute Gasteiger partial charge is 0.274 e. The third kappa shape index (κ3) is 4.34. The highest BCUT2D eigenvalue weighted by Crippen LogP contribution is 2.18. The highest BCUT2D eigenvalue weighted by molar-refractivity contribution is 6.33. The van der Waals surface area contributed by atoms with Crippen LogP contribution in [-0.4, -0.2) is 40.6 Å². The van der Waals surface area contributed by atoms with Gasteiger partial charge in [-0.05, 0) is 18.6 Å². The Morgan fingerprint density at radius 2 is 2.26 bits per heavy atom. The number of hydrogen-bond acceptors (Lipinski definition) is 5. The quantitative estimate of drug-likeness (QED) is 0.518. The van der Waals surface area contributed by atoms with Gasteiger partial charge in [-0.3, -0.25) is 4.79 Å². The van der Waals surface area contributed by atoms with E-state index in [0.29, 0.717) is 12.4 Å². The fourth-order valence-electron chi connectivity index (χ4n) is 1.61. The van der Waals surface area contributed by atoms with Crippen LogP contribution in [0.25, 0.3) is 0 Å². The first-order valence-corrected chi connectivity index (χ1v) is 6.55. The lowest BCUT2D eigenvalue weighted by atomic mass is 10.2. The van der Waals surface area contributed by atoms with Crippen molar-refractivity contribution in [3.05, 3.63) is 22.8 Å². The van der Waals surface area contributed by atoms with Crippen LogP contribution in [0.3, 0.4) is 0 Å². The number of nitrogens with one attached hydrogen (secondary N) is 1. The number of rotatable bonds is 7. The average Bonchev–Trinajstić information content (AvgIpc) is 2.43.